The minimum absolute atomic E-state index is 0.0291. The van der Waals surface area contributed by atoms with Crippen LogP contribution >= 0.6 is 0 Å². The Balaban J connectivity index is 1.77. The fourth-order valence-electron chi connectivity index (χ4n) is 3.33. The van der Waals surface area contributed by atoms with E-state index >= 15 is 0 Å². The van der Waals surface area contributed by atoms with Gasteiger partial charge in [0.2, 0.25) is 5.91 Å². The molecule has 2 fully saturated rings. The highest BCUT2D eigenvalue weighted by molar-refractivity contribution is 5.94. The Labute approximate surface area is 124 Å². The maximum absolute atomic E-state index is 12.6. The number of carbonyl (C=O) groups is 2. The number of nitrogens with two attached hydrogens (primary N) is 1. The first-order valence-corrected chi connectivity index (χ1v) is 7.60. The Morgan fingerprint density at radius 3 is 2.67 bits per heavy atom. The second-order valence-corrected chi connectivity index (χ2v) is 6.36. The summed E-state index contributed by atoms with van der Waals surface area (Å²) in [7, 11) is 0. The van der Waals surface area contributed by atoms with Gasteiger partial charge >= 0.3 is 0 Å². The zero-order chi connectivity index (χ0) is 14.9. The van der Waals surface area contributed by atoms with Gasteiger partial charge in [-0.3, -0.25) is 14.6 Å². The van der Waals surface area contributed by atoms with Gasteiger partial charge in [0.25, 0.3) is 5.91 Å². The number of rotatable bonds is 4. The average molecular weight is 287 g/mol. The smallest absolute Gasteiger partial charge is 0.253 e. The van der Waals surface area contributed by atoms with E-state index in [1.165, 1.54) is 12.8 Å². The number of likely N-dealkylation sites (tertiary alicyclic amines) is 1. The number of amides is 2. The summed E-state index contributed by atoms with van der Waals surface area (Å²) >= 11 is 0. The largest absolute Gasteiger partial charge is 0.369 e. The van der Waals surface area contributed by atoms with Gasteiger partial charge in [-0.1, -0.05) is 12.8 Å². The second-order valence-electron chi connectivity index (χ2n) is 6.36. The third-order valence-electron chi connectivity index (χ3n) is 4.69. The highest BCUT2D eigenvalue weighted by Gasteiger charge is 2.45. The number of pyridine rings is 1. The lowest BCUT2D eigenvalue weighted by atomic mass is 9.75. The summed E-state index contributed by atoms with van der Waals surface area (Å²) in [5, 5.41) is 0. The summed E-state index contributed by atoms with van der Waals surface area (Å²) in [4.78, 5) is 30.3. The molecule has 3 rings (SSSR count). The zero-order valence-electron chi connectivity index (χ0n) is 12.1. The Morgan fingerprint density at radius 2 is 2.05 bits per heavy atom. The van der Waals surface area contributed by atoms with Crippen molar-refractivity contribution in [3.63, 3.8) is 0 Å². The summed E-state index contributed by atoms with van der Waals surface area (Å²) in [6, 6.07) is 3.42. The number of carbonyl (C=O) groups excluding carboxylic acids is 2. The number of piperidine rings is 1. The van der Waals surface area contributed by atoms with Crippen molar-refractivity contribution in [3.05, 3.63) is 30.1 Å². The summed E-state index contributed by atoms with van der Waals surface area (Å²) < 4.78 is 0. The molecule has 0 spiro atoms. The van der Waals surface area contributed by atoms with Gasteiger partial charge < -0.3 is 10.6 Å². The van der Waals surface area contributed by atoms with Crippen LogP contribution < -0.4 is 5.73 Å². The summed E-state index contributed by atoms with van der Waals surface area (Å²) in [5.41, 5.74) is 5.79. The maximum atomic E-state index is 12.6. The molecule has 21 heavy (non-hydrogen) atoms. The van der Waals surface area contributed by atoms with Crippen molar-refractivity contribution < 1.29 is 9.59 Å². The molecule has 1 aliphatic heterocycles. The van der Waals surface area contributed by atoms with Crippen LogP contribution in [-0.2, 0) is 4.79 Å². The van der Waals surface area contributed by atoms with Crippen LogP contribution in [0.25, 0.3) is 0 Å². The molecule has 0 radical (unpaired) electrons. The standard InChI is InChI=1S/C16H21N3O2/c17-15(21)16(10-12-2-3-12)6-1-9-19(11-16)14(20)13-4-7-18-8-5-13/h4-5,7-8,12H,1-3,6,9-11H2,(H2,17,21). The Kier molecular flexibility index (Phi) is 3.66. The van der Waals surface area contributed by atoms with Crippen LogP contribution in [0, 0.1) is 11.3 Å². The van der Waals surface area contributed by atoms with E-state index in [4.69, 9.17) is 5.73 Å². The van der Waals surface area contributed by atoms with Gasteiger partial charge in [-0.05, 0) is 37.3 Å². The zero-order valence-corrected chi connectivity index (χ0v) is 12.1. The van der Waals surface area contributed by atoms with Crippen LogP contribution in [0.15, 0.2) is 24.5 Å². The third kappa shape index (κ3) is 2.91. The number of hydrogen-bond donors (Lipinski definition) is 1. The lowest BCUT2D eigenvalue weighted by molar-refractivity contribution is -0.131. The molecule has 1 unspecified atom stereocenters. The molecule has 2 heterocycles. The molecule has 1 aromatic heterocycles. The van der Waals surface area contributed by atoms with Crippen molar-refractivity contribution in [1.82, 2.24) is 9.88 Å². The minimum Gasteiger partial charge on any atom is -0.369 e. The van der Waals surface area contributed by atoms with Crippen molar-refractivity contribution in [2.45, 2.75) is 32.1 Å². The van der Waals surface area contributed by atoms with E-state index in [1.807, 2.05) is 0 Å². The molecular weight excluding hydrogens is 266 g/mol. The molecule has 1 saturated heterocycles. The third-order valence-corrected chi connectivity index (χ3v) is 4.69. The average Bonchev–Trinajstić information content (AvgIpc) is 3.31. The molecule has 1 aliphatic carbocycles. The van der Waals surface area contributed by atoms with Gasteiger partial charge in [0.05, 0.1) is 5.41 Å². The normalized spacial score (nSPS) is 25.6. The molecular formula is C16H21N3O2. The van der Waals surface area contributed by atoms with Crippen molar-refractivity contribution in [1.29, 1.82) is 0 Å². The molecule has 2 amide bonds. The van der Waals surface area contributed by atoms with Crippen LogP contribution in [0.3, 0.4) is 0 Å². The molecule has 2 N–H and O–H groups in total. The van der Waals surface area contributed by atoms with Gasteiger partial charge in [0, 0.05) is 31.0 Å². The van der Waals surface area contributed by atoms with Crippen molar-refractivity contribution in [3.8, 4) is 0 Å². The van der Waals surface area contributed by atoms with Gasteiger partial charge in [0.15, 0.2) is 0 Å². The highest BCUT2D eigenvalue weighted by atomic mass is 16.2. The van der Waals surface area contributed by atoms with E-state index < -0.39 is 5.41 Å². The second kappa shape index (κ2) is 5.47. The predicted molar refractivity (Wildman–Crippen MR) is 78.3 cm³/mol. The molecule has 2 aliphatic rings. The molecule has 1 atom stereocenters. The van der Waals surface area contributed by atoms with Crippen molar-refractivity contribution in [2.24, 2.45) is 17.1 Å². The van der Waals surface area contributed by atoms with E-state index in [0.29, 0.717) is 24.6 Å². The van der Waals surface area contributed by atoms with E-state index in [9.17, 15) is 9.59 Å². The lowest BCUT2D eigenvalue weighted by Gasteiger charge is -2.41. The first-order valence-electron chi connectivity index (χ1n) is 7.60. The molecule has 5 nitrogen and oxygen atoms in total. The van der Waals surface area contributed by atoms with Crippen molar-refractivity contribution in [2.75, 3.05) is 13.1 Å². The van der Waals surface area contributed by atoms with Crippen LogP contribution in [0.2, 0.25) is 0 Å². The van der Waals surface area contributed by atoms with Crippen LogP contribution in [0.5, 0.6) is 0 Å². The Hall–Kier alpha value is -1.91. The first kappa shape index (κ1) is 14.0. The number of nitrogens with zero attached hydrogens (tertiary/aromatic N) is 2. The van der Waals surface area contributed by atoms with E-state index in [2.05, 4.69) is 4.98 Å². The minimum atomic E-state index is -0.526. The lowest BCUT2D eigenvalue weighted by Crippen LogP contribution is -2.52. The van der Waals surface area contributed by atoms with Gasteiger partial charge in [-0.15, -0.1) is 0 Å². The quantitative estimate of drug-likeness (QED) is 0.913. The monoisotopic (exact) mass is 287 g/mol. The van der Waals surface area contributed by atoms with E-state index in [-0.39, 0.29) is 11.8 Å². The number of aromatic nitrogens is 1. The molecule has 112 valence electrons. The van der Waals surface area contributed by atoms with E-state index in [0.717, 1.165) is 19.3 Å². The fourth-order valence-corrected chi connectivity index (χ4v) is 3.33. The molecule has 1 saturated carbocycles. The Bertz CT molecular complexity index is 542. The number of hydrogen-bond acceptors (Lipinski definition) is 3. The number of primary amides is 1. The summed E-state index contributed by atoms with van der Waals surface area (Å²) in [5.74, 6) is 0.341. The molecule has 5 heteroatoms. The van der Waals surface area contributed by atoms with Crippen LogP contribution in [0.4, 0.5) is 0 Å². The Morgan fingerprint density at radius 1 is 1.33 bits per heavy atom. The van der Waals surface area contributed by atoms with Crippen LogP contribution in [-0.4, -0.2) is 34.8 Å². The SMILES string of the molecule is NC(=O)C1(CC2CC2)CCCN(C(=O)c2ccncc2)C1. The fraction of sp³-hybridized carbons (Fsp3) is 0.562. The van der Waals surface area contributed by atoms with Gasteiger partial charge in [0.1, 0.15) is 0 Å². The highest BCUT2D eigenvalue weighted by Crippen LogP contribution is 2.44. The van der Waals surface area contributed by atoms with Crippen LogP contribution in [0.1, 0.15) is 42.5 Å². The van der Waals surface area contributed by atoms with Gasteiger partial charge in [-0.25, -0.2) is 0 Å². The topological polar surface area (TPSA) is 76.3 Å². The first-order chi connectivity index (χ1) is 10.1. The molecule has 0 aromatic carbocycles. The maximum Gasteiger partial charge on any atom is 0.253 e. The summed E-state index contributed by atoms with van der Waals surface area (Å²) in [6.45, 7) is 1.15. The predicted octanol–water partition coefficient (Wildman–Crippen LogP) is 1.59. The van der Waals surface area contributed by atoms with Gasteiger partial charge in [-0.2, -0.15) is 0 Å². The van der Waals surface area contributed by atoms with E-state index in [1.54, 1.807) is 29.4 Å². The molecule has 1 aromatic rings. The molecule has 0 bridgehead atoms. The summed E-state index contributed by atoms with van der Waals surface area (Å²) in [6.07, 6.45) is 8.08. The van der Waals surface area contributed by atoms with Crippen molar-refractivity contribution >= 4 is 11.8 Å².